The topological polar surface area (TPSA) is 107 Å². The van der Waals surface area contributed by atoms with Crippen LogP contribution in [0.25, 0.3) is 5.65 Å². The lowest BCUT2D eigenvalue weighted by atomic mass is 9.94. The van der Waals surface area contributed by atoms with Crippen molar-refractivity contribution in [3.05, 3.63) is 33.9 Å². The van der Waals surface area contributed by atoms with Crippen LogP contribution in [0.2, 0.25) is 0 Å². The Hall–Kier alpha value is -2.48. The largest absolute Gasteiger partial charge is 0.409 e. The highest BCUT2D eigenvalue weighted by Gasteiger charge is 2.52. The first kappa shape index (κ1) is 16.7. The Morgan fingerprint density at radius 2 is 2.07 bits per heavy atom. The van der Waals surface area contributed by atoms with Gasteiger partial charge in [-0.05, 0) is 45.2 Å². The minimum Gasteiger partial charge on any atom is -0.409 e. The summed E-state index contributed by atoms with van der Waals surface area (Å²) in [7, 11) is 0. The average molecular weight is 368 g/mol. The van der Waals surface area contributed by atoms with Crippen molar-refractivity contribution in [1.29, 1.82) is 0 Å². The molecule has 8 heteroatoms. The number of oxime groups is 1. The standard InChI is InChI=1S/C19H24N6O2/c26-16-9-14(12-3-7-20-8-4-12)25-18(23-16)13(11-21-25)17(24-27)22-15-10-19(15)5-1-2-6-19/h9,11-12,20,27H,1-8,10H2,(H,23,26)/b22-15?,24-17-. The van der Waals surface area contributed by atoms with Crippen molar-refractivity contribution in [1.82, 2.24) is 19.9 Å². The van der Waals surface area contributed by atoms with E-state index in [-0.39, 0.29) is 22.7 Å². The summed E-state index contributed by atoms with van der Waals surface area (Å²) in [5.74, 6) is 0.525. The number of amidine groups is 1. The number of nitrogens with one attached hydrogen (secondary N) is 2. The summed E-state index contributed by atoms with van der Waals surface area (Å²) < 4.78 is 1.77. The van der Waals surface area contributed by atoms with E-state index in [0.717, 1.165) is 43.8 Å². The fraction of sp³-hybridized carbons (Fsp3) is 0.579. The Bertz CT molecular complexity index is 989. The smallest absolute Gasteiger partial charge is 0.251 e. The zero-order valence-electron chi connectivity index (χ0n) is 15.2. The van der Waals surface area contributed by atoms with Gasteiger partial charge in [0.1, 0.15) is 5.65 Å². The second-order valence-electron chi connectivity index (χ2n) is 8.05. The van der Waals surface area contributed by atoms with Gasteiger partial charge in [-0.2, -0.15) is 5.10 Å². The van der Waals surface area contributed by atoms with Crippen molar-refractivity contribution in [3.8, 4) is 0 Å². The SMILES string of the molecule is O=c1cc(C2CCNCC2)n2ncc(/C(N=C3CC34CCCC4)=N/O)c2[nH]1. The molecule has 1 saturated heterocycles. The summed E-state index contributed by atoms with van der Waals surface area (Å²) in [6, 6.07) is 1.63. The third-order valence-corrected chi connectivity index (χ3v) is 6.42. The van der Waals surface area contributed by atoms with E-state index in [1.807, 2.05) is 0 Å². The molecule has 0 unspecified atom stereocenters. The number of rotatable bonds is 2. The molecule has 0 amide bonds. The van der Waals surface area contributed by atoms with Crippen LogP contribution >= 0.6 is 0 Å². The van der Waals surface area contributed by atoms with Gasteiger partial charge in [-0.15, -0.1) is 0 Å². The Labute approximate surface area is 156 Å². The van der Waals surface area contributed by atoms with Crippen LogP contribution in [0.4, 0.5) is 0 Å². The van der Waals surface area contributed by atoms with Crippen LogP contribution in [0.15, 0.2) is 27.2 Å². The lowest BCUT2D eigenvalue weighted by Crippen LogP contribution is -2.28. The minimum absolute atomic E-state index is 0.165. The quantitative estimate of drug-likeness (QED) is 0.326. The van der Waals surface area contributed by atoms with Crippen molar-refractivity contribution < 1.29 is 5.21 Å². The van der Waals surface area contributed by atoms with E-state index < -0.39 is 0 Å². The van der Waals surface area contributed by atoms with Crippen LogP contribution in [-0.2, 0) is 0 Å². The average Bonchev–Trinajstić information content (AvgIpc) is 3.00. The van der Waals surface area contributed by atoms with Gasteiger partial charge in [-0.25, -0.2) is 9.51 Å². The van der Waals surface area contributed by atoms with Crippen LogP contribution in [0, 0.1) is 5.41 Å². The maximum atomic E-state index is 12.3. The molecule has 3 heterocycles. The summed E-state index contributed by atoms with van der Waals surface area (Å²) in [6.45, 7) is 1.87. The van der Waals surface area contributed by atoms with E-state index >= 15 is 0 Å². The highest BCUT2D eigenvalue weighted by Crippen LogP contribution is 2.55. The van der Waals surface area contributed by atoms with Gasteiger partial charge in [-0.3, -0.25) is 4.79 Å². The van der Waals surface area contributed by atoms with Gasteiger partial charge < -0.3 is 15.5 Å². The zero-order valence-corrected chi connectivity index (χ0v) is 15.2. The lowest BCUT2D eigenvalue weighted by Gasteiger charge is -2.23. The van der Waals surface area contributed by atoms with Gasteiger partial charge in [0.05, 0.1) is 17.5 Å². The molecule has 1 spiro atoms. The highest BCUT2D eigenvalue weighted by atomic mass is 16.4. The van der Waals surface area contributed by atoms with Crippen LogP contribution in [0.5, 0.6) is 0 Å². The molecule has 3 fully saturated rings. The molecule has 2 saturated carbocycles. The van der Waals surface area contributed by atoms with Crippen molar-refractivity contribution in [2.24, 2.45) is 15.6 Å². The summed E-state index contributed by atoms with van der Waals surface area (Å²) in [5.41, 5.74) is 3.22. The summed E-state index contributed by atoms with van der Waals surface area (Å²) in [5, 5.41) is 20.9. The Morgan fingerprint density at radius 1 is 1.30 bits per heavy atom. The predicted molar refractivity (Wildman–Crippen MR) is 102 cm³/mol. The third kappa shape index (κ3) is 2.79. The molecule has 142 valence electrons. The maximum Gasteiger partial charge on any atom is 0.251 e. The van der Waals surface area contributed by atoms with Gasteiger partial charge >= 0.3 is 0 Å². The molecule has 8 nitrogen and oxygen atoms in total. The molecular formula is C19H24N6O2. The number of hydrogen-bond acceptors (Lipinski definition) is 5. The van der Waals surface area contributed by atoms with E-state index in [0.29, 0.717) is 11.2 Å². The molecule has 2 aromatic heterocycles. The number of fused-ring (bicyclic) bond motifs is 1. The van der Waals surface area contributed by atoms with E-state index in [4.69, 9.17) is 0 Å². The van der Waals surface area contributed by atoms with Gasteiger partial charge in [0.25, 0.3) is 5.56 Å². The monoisotopic (exact) mass is 368 g/mol. The molecule has 1 aliphatic heterocycles. The normalized spacial score (nSPS) is 24.3. The molecule has 5 rings (SSSR count). The molecule has 0 bridgehead atoms. The number of aromatic amines is 1. The Kier molecular flexibility index (Phi) is 3.89. The molecule has 0 aromatic carbocycles. The molecule has 27 heavy (non-hydrogen) atoms. The lowest BCUT2D eigenvalue weighted by molar-refractivity contribution is 0.319. The first-order valence-corrected chi connectivity index (χ1v) is 9.82. The predicted octanol–water partition coefficient (Wildman–Crippen LogP) is 2.03. The van der Waals surface area contributed by atoms with Gasteiger partial charge in [0.15, 0.2) is 0 Å². The number of piperidine rings is 1. The molecule has 3 N–H and O–H groups in total. The summed E-state index contributed by atoms with van der Waals surface area (Å²) in [6.07, 6.45) is 9.41. The van der Waals surface area contributed by atoms with Crippen LogP contribution in [0.3, 0.4) is 0 Å². The number of hydrogen-bond donors (Lipinski definition) is 3. The van der Waals surface area contributed by atoms with Gasteiger partial charge in [0, 0.05) is 23.1 Å². The highest BCUT2D eigenvalue weighted by molar-refractivity contribution is 6.16. The maximum absolute atomic E-state index is 12.3. The third-order valence-electron chi connectivity index (χ3n) is 6.42. The van der Waals surface area contributed by atoms with Gasteiger partial charge in [-0.1, -0.05) is 18.0 Å². The molecule has 3 aliphatic rings. The summed E-state index contributed by atoms with van der Waals surface area (Å²) in [4.78, 5) is 19.8. The molecule has 0 radical (unpaired) electrons. The Morgan fingerprint density at radius 3 is 2.81 bits per heavy atom. The molecular weight excluding hydrogens is 344 g/mol. The van der Waals surface area contributed by atoms with E-state index in [9.17, 15) is 10.0 Å². The number of nitrogens with zero attached hydrogens (tertiary/aromatic N) is 4. The van der Waals surface area contributed by atoms with Crippen molar-refractivity contribution >= 4 is 17.2 Å². The summed E-state index contributed by atoms with van der Waals surface area (Å²) >= 11 is 0. The van der Waals surface area contributed by atoms with Crippen LogP contribution < -0.4 is 10.9 Å². The van der Waals surface area contributed by atoms with Crippen molar-refractivity contribution in [2.75, 3.05) is 13.1 Å². The van der Waals surface area contributed by atoms with Crippen LogP contribution in [0.1, 0.15) is 62.1 Å². The molecule has 2 aliphatic carbocycles. The van der Waals surface area contributed by atoms with Crippen LogP contribution in [-0.4, -0.2) is 44.4 Å². The second kappa shape index (κ2) is 6.30. The Balaban J connectivity index is 1.55. The first-order valence-electron chi connectivity index (χ1n) is 9.82. The second-order valence-corrected chi connectivity index (χ2v) is 8.05. The number of aromatic nitrogens is 3. The van der Waals surface area contributed by atoms with E-state index in [1.54, 1.807) is 16.8 Å². The fourth-order valence-electron chi connectivity index (χ4n) is 4.80. The van der Waals surface area contributed by atoms with Crippen molar-refractivity contribution in [3.63, 3.8) is 0 Å². The first-order chi connectivity index (χ1) is 13.2. The fourth-order valence-corrected chi connectivity index (χ4v) is 4.80. The van der Waals surface area contributed by atoms with Crippen molar-refractivity contribution in [2.45, 2.75) is 50.9 Å². The van der Waals surface area contributed by atoms with Gasteiger partial charge in [0.2, 0.25) is 5.84 Å². The number of aliphatic imine (C=N–C) groups is 1. The molecule has 0 atom stereocenters. The van der Waals surface area contributed by atoms with E-state index in [1.165, 1.54) is 25.7 Å². The van der Waals surface area contributed by atoms with E-state index in [2.05, 4.69) is 25.5 Å². The zero-order chi connectivity index (χ0) is 18.4. The molecule has 2 aromatic rings. The minimum atomic E-state index is -0.165. The number of H-pyrrole nitrogens is 1.